The summed E-state index contributed by atoms with van der Waals surface area (Å²) in [6.45, 7) is 0. The molecule has 0 radical (unpaired) electrons. The molecule has 0 amide bonds. The van der Waals surface area contributed by atoms with Crippen LogP contribution in [-0.2, 0) is 0 Å². The van der Waals surface area contributed by atoms with E-state index in [1.54, 1.807) is 0 Å². The lowest BCUT2D eigenvalue weighted by Gasteiger charge is -2.07. The Hall–Kier alpha value is -2.70. The first-order valence-electron chi connectivity index (χ1n) is 4.46. The molecule has 0 spiro atoms. The molecule has 7 heteroatoms. The Morgan fingerprint density at radius 2 is 1.76 bits per heavy atom. The van der Waals surface area contributed by atoms with E-state index in [1.807, 2.05) is 0 Å². The second-order valence-corrected chi connectivity index (χ2v) is 3.34. The number of aromatic carboxylic acids is 1. The number of carboxylic acids is 1. The van der Waals surface area contributed by atoms with E-state index >= 15 is 0 Å². The number of carbonyl (C=O) groups is 1. The van der Waals surface area contributed by atoms with Crippen LogP contribution in [0.4, 0.5) is 0 Å². The predicted molar refractivity (Wildman–Crippen MR) is 56.5 cm³/mol. The van der Waals surface area contributed by atoms with Crippen molar-refractivity contribution in [2.45, 2.75) is 0 Å². The van der Waals surface area contributed by atoms with Crippen molar-refractivity contribution in [2.75, 3.05) is 0 Å². The molecule has 2 aromatic rings. The summed E-state index contributed by atoms with van der Waals surface area (Å²) in [4.78, 5) is 24.3. The molecular weight excluding hydrogens is 230 g/mol. The molecular formula is C10H7NO6. The zero-order valence-corrected chi connectivity index (χ0v) is 8.26. The van der Waals surface area contributed by atoms with Gasteiger partial charge in [0.15, 0.2) is 17.1 Å². The topological polar surface area (TPSA) is 131 Å². The number of hydrogen-bond donors (Lipinski definition) is 5. The van der Waals surface area contributed by atoms with Crippen molar-refractivity contribution in [3.63, 3.8) is 0 Å². The number of carboxylic acid groups (broad SMARTS) is 1. The number of rotatable bonds is 1. The number of aromatic amines is 1. The fourth-order valence-corrected chi connectivity index (χ4v) is 1.54. The molecule has 0 fully saturated rings. The van der Waals surface area contributed by atoms with Crippen molar-refractivity contribution in [3.05, 3.63) is 28.0 Å². The Morgan fingerprint density at radius 3 is 2.35 bits per heavy atom. The molecule has 1 aromatic carbocycles. The van der Waals surface area contributed by atoms with Gasteiger partial charge in [-0.15, -0.1) is 0 Å². The largest absolute Gasteiger partial charge is 0.506 e. The van der Waals surface area contributed by atoms with Crippen LogP contribution in [0.5, 0.6) is 17.2 Å². The van der Waals surface area contributed by atoms with Gasteiger partial charge < -0.3 is 25.4 Å². The van der Waals surface area contributed by atoms with Gasteiger partial charge in [-0.1, -0.05) is 0 Å². The fourth-order valence-electron chi connectivity index (χ4n) is 1.54. The predicted octanol–water partition coefficient (Wildman–Crippen LogP) is 0.343. The van der Waals surface area contributed by atoms with Crippen LogP contribution in [0.2, 0.25) is 0 Å². The summed E-state index contributed by atoms with van der Waals surface area (Å²) in [5, 5.41) is 36.8. The number of nitrogens with one attached hydrogen (secondary N) is 1. The number of aromatic hydroxyl groups is 3. The summed E-state index contributed by atoms with van der Waals surface area (Å²) in [5.74, 6) is -3.74. The minimum absolute atomic E-state index is 0.0211. The van der Waals surface area contributed by atoms with Crippen LogP contribution in [0.3, 0.4) is 0 Å². The molecule has 0 bridgehead atoms. The number of H-pyrrole nitrogens is 1. The first kappa shape index (κ1) is 10.8. The maximum Gasteiger partial charge on any atom is 0.345 e. The van der Waals surface area contributed by atoms with Crippen LogP contribution >= 0.6 is 0 Å². The molecule has 2 rings (SSSR count). The highest BCUT2D eigenvalue weighted by molar-refractivity contribution is 6.01. The number of hydrogen-bond acceptors (Lipinski definition) is 5. The Balaban J connectivity index is 3.05. The minimum atomic E-state index is -1.63. The standard InChI is InChI=1S/C10H7NO6/c12-4-2-1-3-5(7(4)13)8(14)6(10(16)17)9(15)11-3/h1-2,12-13H,(H,16,17)(H2,11,14,15). The van der Waals surface area contributed by atoms with Crippen molar-refractivity contribution in [2.24, 2.45) is 0 Å². The normalized spacial score (nSPS) is 10.6. The van der Waals surface area contributed by atoms with Crippen LogP contribution < -0.4 is 5.56 Å². The molecule has 1 heterocycles. The van der Waals surface area contributed by atoms with E-state index in [9.17, 15) is 24.9 Å². The van der Waals surface area contributed by atoms with Gasteiger partial charge in [-0.05, 0) is 12.1 Å². The van der Waals surface area contributed by atoms with Gasteiger partial charge in [0.2, 0.25) is 0 Å². The van der Waals surface area contributed by atoms with Gasteiger partial charge in [0.05, 0.1) is 10.9 Å². The molecule has 0 unspecified atom stereocenters. The van der Waals surface area contributed by atoms with Crippen molar-refractivity contribution < 1.29 is 25.2 Å². The number of benzene rings is 1. The second kappa shape index (κ2) is 3.41. The number of aromatic nitrogens is 1. The van der Waals surface area contributed by atoms with Gasteiger partial charge in [0.25, 0.3) is 5.56 Å². The fraction of sp³-hybridized carbons (Fsp3) is 0. The third kappa shape index (κ3) is 1.44. The van der Waals surface area contributed by atoms with Gasteiger partial charge in [-0.25, -0.2) is 4.79 Å². The number of phenolic OH excluding ortho intramolecular Hbond substituents is 2. The SMILES string of the molecule is O=C(O)c1c(O)c2c(O)c(O)ccc2[nH]c1=O. The lowest BCUT2D eigenvalue weighted by molar-refractivity contribution is 0.0692. The lowest BCUT2D eigenvalue weighted by Crippen LogP contribution is -2.17. The van der Waals surface area contributed by atoms with Crippen LogP contribution in [0, 0.1) is 0 Å². The van der Waals surface area contributed by atoms with Gasteiger partial charge in [0.1, 0.15) is 5.75 Å². The lowest BCUT2D eigenvalue weighted by atomic mass is 10.1. The molecule has 88 valence electrons. The molecule has 0 saturated heterocycles. The summed E-state index contributed by atoms with van der Waals surface area (Å²) < 4.78 is 0. The molecule has 7 nitrogen and oxygen atoms in total. The molecule has 0 aliphatic carbocycles. The van der Waals surface area contributed by atoms with Gasteiger partial charge in [-0.2, -0.15) is 0 Å². The van der Waals surface area contributed by atoms with Crippen LogP contribution in [-0.4, -0.2) is 31.4 Å². The van der Waals surface area contributed by atoms with Gasteiger partial charge in [0, 0.05) is 0 Å². The molecule has 17 heavy (non-hydrogen) atoms. The maximum atomic E-state index is 11.4. The van der Waals surface area contributed by atoms with E-state index in [0.717, 1.165) is 6.07 Å². The van der Waals surface area contributed by atoms with E-state index in [2.05, 4.69) is 4.98 Å². The zero-order chi connectivity index (χ0) is 12.7. The van der Waals surface area contributed by atoms with E-state index in [1.165, 1.54) is 6.07 Å². The summed E-state index contributed by atoms with van der Waals surface area (Å²) in [6, 6.07) is 2.34. The van der Waals surface area contributed by atoms with E-state index in [0.29, 0.717) is 0 Å². The summed E-state index contributed by atoms with van der Waals surface area (Å²) in [6.07, 6.45) is 0. The van der Waals surface area contributed by atoms with Crippen molar-refractivity contribution >= 4 is 16.9 Å². The Labute approximate surface area is 93.2 Å². The molecule has 0 saturated carbocycles. The first-order chi connectivity index (χ1) is 7.93. The average Bonchev–Trinajstić information content (AvgIpc) is 2.22. The highest BCUT2D eigenvalue weighted by Gasteiger charge is 2.21. The van der Waals surface area contributed by atoms with Gasteiger partial charge in [-0.3, -0.25) is 4.79 Å². The third-order valence-electron chi connectivity index (χ3n) is 2.32. The van der Waals surface area contributed by atoms with E-state index in [-0.39, 0.29) is 10.9 Å². The van der Waals surface area contributed by atoms with E-state index in [4.69, 9.17) is 5.11 Å². The number of pyridine rings is 1. The molecule has 0 aliphatic heterocycles. The minimum Gasteiger partial charge on any atom is -0.506 e. The highest BCUT2D eigenvalue weighted by Crippen LogP contribution is 2.38. The maximum absolute atomic E-state index is 11.4. The number of phenols is 2. The third-order valence-corrected chi connectivity index (χ3v) is 2.32. The quantitative estimate of drug-likeness (QED) is 0.454. The first-order valence-corrected chi connectivity index (χ1v) is 4.46. The molecule has 0 aliphatic rings. The summed E-state index contributed by atoms with van der Waals surface area (Å²) >= 11 is 0. The molecule has 0 atom stereocenters. The van der Waals surface area contributed by atoms with Crippen molar-refractivity contribution in [1.29, 1.82) is 0 Å². The Morgan fingerprint density at radius 1 is 1.12 bits per heavy atom. The van der Waals surface area contributed by atoms with Crippen molar-refractivity contribution in [3.8, 4) is 17.2 Å². The summed E-state index contributed by atoms with van der Waals surface area (Å²) in [5.41, 5.74) is -1.86. The van der Waals surface area contributed by atoms with Crippen LogP contribution in [0.25, 0.3) is 10.9 Å². The molecule has 1 aromatic heterocycles. The Kier molecular flexibility index (Phi) is 2.17. The van der Waals surface area contributed by atoms with Crippen LogP contribution in [0.1, 0.15) is 10.4 Å². The average molecular weight is 237 g/mol. The monoisotopic (exact) mass is 237 g/mol. The smallest absolute Gasteiger partial charge is 0.345 e. The molecule has 5 N–H and O–H groups in total. The second-order valence-electron chi connectivity index (χ2n) is 3.34. The van der Waals surface area contributed by atoms with Gasteiger partial charge >= 0.3 is 5.97 Å². The zero-order valence-electron chi connectivity index (χ0n) is 8.26. The number of fused-ring (bicyclic) bond motifs is 1. The highest BCUT2D eigenvalue weighted by atomic mass is 16.4. The Bertz CT molecular complexity index is 687. The summed E-state index contributed by atoms with van der Waals surface area (Å²) in [7, 11) is 0. The van der Waals surface area contributed by atoms with Crippen LogP contribution in [0.15, 0.2) is 16.9 Å². The van der Waals surface area contributed by atoms with E-state index < -0.39 is 34.3 Å². The van der Waals surface area contributed by atoms with Crippen molar-refractivity contribution in [1.82, 2.24) is 4.98 Å².